The molecule has 1 aromatic heterocycles. The molecule has 0 aliphatic carbocycles. The van der Waals surface area contributed by atoms with Crippen molar-refractivity contribution in [3.63, 3.8) is 0 Å². The monoisotopic (exact) mass is 424 g/mol. The van der Waals surface area contributed by atoms with Gasteiger partial charge in [0.05, 0.1) is 15.3 Å². The molecule has 0 bridgehead atoms. The van der Waals surface area contributed by atoms with E-state index in [-0.39, 0.29) is 11.8 Å². The average molecular weight is 425 g/mol. The lowest BCUT2D eigenvalue weighted by atomic mass is 10.1. The third-order valence-electron chi connectivity index (χ3n) is 3.51. The molecule has 0 aliphatic heterocycles. The third kappa shape index (κ3) is 6.51. The number of carbonyl (C=O) groups is 2. The van der Waals surface area contributed by atoms with E-state index < -0.39 is 0 Å². The minimum atomic E-state index is -0.317. The summed E-state index contributed by atoms with van der Waals surface area (Å²) in [4.78, 5) is 24.1. The van der Waals surface area contributed by atoms with E-state index in [4.69, 9.17) is 4.74 Å². The van der Waals surface area contributed by atoms with Gasteiger partial charge in [0.1, 0.15) is 5.75 Å². The van der Waals surface area contributed by atoms with Crippen molar-refractivity contribution in [3.05, 3.63) is 50.1 Å². The Morgan fingerprint density at radius 3 is 2.64 bits per heavy atom. The van der Waals surface area contributed by atoms with Gasteiger partial charge in [-0.05, 0) is 71.9 Å². The number of aryl methyl sites for hydroxylation is 2. The normalized spacial score (nSPS) is 10.4. The maximum atomic E-state index is 11.8. The van der Waals surface area contributed by atoms with Crippen molar-refractivity contribution in [2.24, 2.45) is 0 Å². The van der Waals surface area contributed by atoms with Crippen molar-refractivity contribution >= 4 is 39.1 Å². The molecular weight excluding hydrogens is 404 g/mol. The van der Waals surface area contributed by atoms with Crippen LogP contribution < -0.4 is 15.6 Å². The highest BCUT2D eigenvalue weighted by Crippen LogP contribution is 2.21. The number of benzene rings is 1. The summed E-state index contributed by atoms with van der Waals surface area (Å²) in [7, 11) is 0. The zero-order valence-corrected chi connectivity index (χ0v) is 16.6. The molecule has 25 heavy (non-hydrogen) atoms. The van der Waals surface area contributed by atoms with Crippen LogP contribution in [-0.2, 0) is 4.79 Å². The molecule has 5 nitrogen and oxygen atoms in total. The van der Waals surface area contributed by atoms with Gasteiger partial charge in [-0.1, -0.05) is 12.1 Å². The van der Waals surface area contributed by atoms with Gasteiger partial charge >= 0.3 is 0 Å². The van der Waals surface area contributed by atoms with E-state index in [0.29, 0.717) is 24.3 Å². The SMILES string of the molecule is Cc1ccc(C)c(OCCCCC(=O)NNC(=O)c2ccc(Br)s2)c1. The molecule has 0 saturated carbocycles. The van der Waals surface area contributed by atoms with Gasteiger partial charge < -0.3 is 4.74 Å². The van der Waals surface area contributed by atoms with Gasteiger partial charge in [0, 0.05) is 6.42 Å². The van der Waals surface area contributed by atoms with E-state index >= 15 is 0 Å². The lowest BCUT2D eigenvalue weighted by Gasteiger charge is -2.10. The predicted octanol–water partition coefficient (Wildman–Crippen LogP) is 4.14. The highest BCUT2D eigenvalue weighted by molar-refractivity contribution is 9.11. The van der Waals surface area contributed by atoms with Crippen LogP contribution in [0.25, 0.3) is 0 Å². The summed E-state index contributed by atoms with van der Waals surface area (Å²) in [5, 5.41) is 0. The second kappa shape index (κ2) is 9.58. The first-order valence-corrected chi connectivity index (χ1v) is 9.61. The Morgan fingerprint density at radius 1 is 1.12 bits per heavy atom. The van der Waals surface area contributed by atoms with E-state index in [1.54, 1.807) is 12.1 Å². The van der Waals surface area contributed by atoms with Gasteiger partial charge in [-0.2, -0.15) is 0 Å². The number of unbranched alkanes of at least 4 members (excludes halogenated alkanes) is 1. The third-order valence-corrected chi connectivity index (χ3v) is 5.13. The van der Waals surface area contributed by atoms with Crippen molar-refractivity contribution in [1.29, 1.82) is 0 Å². The highest BCUT2D eigenvalue weighted by Gasteiger charge is 2.09. The van der Waals surface area contributed by atoms with Crippen LogP contribution in [0.5, 0.6) is 5.75 Å². The molecule has 1 aromatic carbocycles. The fourth-order valence-electron chi connectivity index (χ4n) is 2.12. The number of thiophene rings is 1. The lowest BCUT2D eigenvalue weighted by molar-refractivity contribution is -0.122. The van der Waals surface area contributed by atoms with Gasteiger partial charge in [-0.25, -0.2) is 0 Å². The van der Waals surface area contributed by atoms with Crippen LogP contribution >= 0.6 is 27.3 Å². The molecule has 0 atom stereocenters. The van der Waals surface area contributed by atoms with Crippen LogP contribution in [0.4, 0.5) is 0 Å². The molecule has 134 valence electrons. The average Bonchev–Trinajstić information content (AvgIpc) is 3.02. The number of carbonyl (C=O) groups excluding carboxylic acids is 2. The first-order chi connectivity index (χ1) is 12.0. The molecule has 2 aromatic rings. The zero-order valence-electron chi connectivity index (χ0n) is 14.2. The standard InChI is InChI=1S/C18H21BrN2O3S/c1-12-6-7-13(2)14(11-12)24-10-4-3-5-17(22)20-21-18(23)15-8-9-16(19)25-15/h6-9,11H,3-5,10H2,1-2H3,(H,20,22)(H,21,23). The second-order valence-electron chi connectivity index (χ2n) is 5.68. The summed E-state index contributed by atoms with van der Waals surface area (Å²) < 4.78 is 6.62. The summed E-state index contributed by atoms with van der Waals surface area (Å²) in [5.41, 5.74) is 7.10. The Morgan fingerprint density at radius 2 is 1.92 bits per heavy atom. The quantitative estimate of drug-likeness (QED) is 0.518. The minimum absolute atomic E-state index is 0.212. The van der Waals surface area contributed by atoms with Gasteiger partial charge in [0.25, 0.3) is 5.91 Å². The Labute approximate surface area is 159 Å². The highest BCUT2D eigenvalue weighted by atomic mass is 79.9. The lowest BCUT2D eigenvalue weighted by Crippen LogP contribution is -2.41. The molecule has 0 unspecified atom stereocenters. The maximum Gasteiger partial charge on any atom is 0.279 e. The Bertz CT molecular complexity index is 746. The van der Waals surface area contributed by atoms with E-state index in [1.165, 1.54) is 11.3 Å². The van der Waals surface area contributed by atoms with Crippen molar-refractivity contribution < 1.29 is 14.3 Å². The summed E-state index contributed by atoms with van der Waals surface area (Å²) in [6, 6.07) is 9.58. The molecule has 2 rings (SSSR count). The first kappa shape index (κ1) is 19.5. The van der Waals surface area contributed by atoms with Crippen molar-refractivity contribution in [2.45, 2.75) is 33.1 Å². The molecule has 1 heterocycles. The fraction of sp³-hybridized carbons (Fsp3) is 0.333. The number of hydrogen-bond acceptors (Lipinski definition) is 4. The molecule has 0 radical (unpaired) electrons. The van der Waals surface area contributed by atoms with Crippen LogP contribution in [0.2, 0.25) is 0 Å². The molecule has 0 aliphatic rings. The van der Waals surface area contributed by atoms with Gasteiger partial charge in [0.2, 0.25) is 5.91 Å². The number of amides is 2. The predicted molar refractivity (Wildman–Crippen MR) is 103 cm³/mol. The number of nitrogens with one attached hydrogen (secondary N) is 2. The van der Waals surface area contributed by atoms with Crippen molar-refractivity contribution in [3.8, 4) is 5.75 Å². The van der Waals surface area contributed by atoms with E-state index in [1.807, 2.05) is 26.0 Å². The molecule has 2 N–H and O–H groups in total. The Balaban J connectivity index is 1.60. The number of ether oxygens (including phenoxy) is 1. The first-order valence-electron chi connectivity index (χ1n) is 8.00. The minimum Gasteiger partial charge on any atom is -0.493 e. The van der Waals surface area contributed by atoms with Crippen molar-refractivity contribution in [2.75, 3.05) is 6.61 Å². The van der Waals surface area contributed by atoms with Crippen LogP contribution in [0, 0.1) is 13.8 Å². The molecule has 0 spiro atoms. The molecule has 2 amide bonds. The number of hydrogen-bond donors (Lipinski definition) is 2. The Kier molecular flexibility index (Phi) is 7.46. The summed E-state index contributed by atoms with van der Waals surface area (Å²) in [6.45, 7) is 4.60. The zero-order chi connectivity index (χ0) is 18.2. The number of halogens is 1. The van der Waals surface area contributed by atoms with Crippen LogP contribution in [0.1, 0.15) is 40.1 Å². The van der Waals surface area contributed by atoms with E-state index in [0.717, 1.165) is 27.1 Å². The molecule has 0 fully saturated rings. The van der Waals surface area contributed by atoms with Crippen LogP contribution in [0.3, 0.4) is 0 Å². The van der Waals surface area contributed by atoms with E-state index in [9.17, 15) is 9.59 Å². The second-order valence-corrected chi connectivity index (χ2v) is 8.14. The van der Waals surface area contributed by atoms with E-state index in [2.05, 4.69) is 32.8 Å². The number of hydrazine groups is 1. The Hall–Kier alpha value is -1.86. The summed E-state index contributed by atoms with van der Waals surface area (Å²) in [6.07, 6.45) is 1.80. The van der Waals surface area contributed by atoms with Crippen LogP contribution in [-0.4, -0.2) is 18.4 Å². The summed E-state index contributed by atoms with van der Waals surface area (Å²) in [5.74, 6) is 0.358. The smallest absolute Gasteiger partial charge is 0.279 e. The fourth-order valence-corrected chi connectivity index (χ4v) is 3.40. The maximum absolute atomic E-state index is 11.8. The number of rotatable bonds is 7. The van der Waals surface area contributed by atoms with Crippen molar-refractivity contribution in [1.82, 2.24) is 10.9 Å². The molecule has 0 saturated heterocycles. The molecule has 7 heteroatoms. The van der Waals surface area contributed by atoms with Crippen LogP contribution in [0.15, 0.2) is 34.1 Å². The van der Waals surface area contributed by atoms with Gasteiger partial charge in [-0.15, -0.1) is 11.3 Å². The van der Waals surface area contributed by atoms with Gasteiger partial charge in [-0.3, -0.25) is 20.4 Å². The molecular formula is C18H21BrN2O3S. The van der Waals surface area contributed by atoms with Gasteiger partial charge in [0.15, 0.2) is 0 Å². The topological polar surface area (TPSA) is 67.4 Å². The summed E-state index contributed by atoms with van der Waals surface area (Å²) >= 11 is 4.60. The largest absolute Gasteiger partial charge is 0.493 e.